The first-order valence-corrected chi connectivity index (χ1v) is 6.78. The summed E-state index contributed by atoms with van der Waals surface area (Å²) in [6.45, 7) is 7.16. The normalized spacial score (nSPS) is 11.9. The molecule has 1 aromatic rings. The van der Waals surface area contributed by atoms with Gasteiger partial charge in [-0.1, -0.05) is 32.0 Å². The standard InChI is InChI=1S/C15H22F3NO/c1-11(2)9-19-10-13-6-4-5-12(3)14(13)20-8-7-15(16,17)18/h4-6,11,19H,7-10H2,1-3H3. The molecule has 1 N–H and O–H groups in total. The molecule has 0 unspecified atom stereocenters. The van der Waals surface area contributed by atoms with E-state index in [4.69, 9.17) is 4.74 Å². The van der Waals surface area contributed by atoms with E-state index < -0.39 is 12.6 Å². The molecular formula is C15H22F3NO. The molecule has 114 valence electrons. The second-order valence-electron chi connectivity index (χ2n) is 5.30. The summed E-state index contributed by atoms with van der Waals surface area (Å²) in [4.78, 5) is 0. The van der Waals surface area contributed by atoms with Crippen LogP contribution in [0.5, 0.6) is 5.75 Å². The maximum absolute atomic E-state index is 12.2. The van der Waals surface area contributed by atoms with Crippen LogP contribution in [-0.4, -0.2) is 19.3 Å². The highest BCUT2D eigenvalue weighted by molar-refractivity contribution is 5.40. The van der Waals surface area contributed by atoms with Gasteiger partial charge in [-0.25, -0.2) is 0 Å². The van der Waals surface area contributed by atoms with Gasteiger partial charge in [-0.15, -0.1) is 0 Å². The van der Waals surface area contributed by atoms with Gasteiger partial charge in [0, 0.05) is 12.1 Å². The summed E-state index contributed by atoms with van der Waals surface area (Å²) < 4.78 is 41.8. The van der Waals surface area contributed by atoms with Crippen molar-refractivity contribution < 1.29 is 17.9 Å². The largest absolute Gasteiger partial charge is 0.493 e. The minimum absolute atomic E-state index is 0.342. The Morgan fingerprint density at radius 2 is 1.95 bits per heavy atom. The van der Waals surface area contributed by atoms with Crippen molar-refractivity contribution >= 4 is 0 Å². The van der Waals surface area contributed by atoms with Crippen molar-refractivity contribution in [2.24, 2.45) is 5.92 Å². The minimum atomic E-state index is -4.18. The summed E-state index contributed by atoms with van der Waals surface area (Å²) in [6, 6.07) is 5.61. The highest BCUT2D eigenvalue weighted by Gasteiger charge is 2.27. The first-order valence-electron chi connectivity index (χ1n) is 6.78. The Morgan fingerprint density at radius 1 is 1.25 bits per heavy atom. The lowest BCUT2D eigenvalue weighted by atomic mass is 10.1. The average molecular weight is 289 g/mol. The van der Waals surface area contributed by atoms with Crippen LogP contribution in [0.3, 0.4) is 0 Å². The summed E-state index contributed by atoms with van der Waals surface area (Å²) in [7, 11) is 0. The van der Waals surface area contributed by atoms with E-state index in [2.05, 4.69) is 19.2 Å². The van der Waals surface area contributed by atoms with E-state index >= 15 is 0 Å². The zero-order chi connectivity index (χ0) is 15.2. The molecule has 1 rings (SSSR count). The molecule has 0 amide bonds. The first kappa shape index (κ1) is 16.8. The third kappa shape index (κ3) is 6.28. The van der Waals surface area contributed by atoms with Crippen LogP contribution in [0.2, 0.25) is 0 Å². The van der Waals surface area contributed by atoms with Crippen molar-refractivity contribution in [2.45, 2.75) is 39.9 Å². The van der Waals surface area contributed by atoms with Crippen molar-refractivity contribution in [3.05, 3.63) is 29.3 Å². The van der Waals surface area contributed by atoms with Crippen LogP contribution in [0.4, 0.5) is 13.2 Å². The zero-order valence-corrected chi connectivity index (χ0v) is 12.2. The number of ether oxygens (including phenoxy) is 1. The van der Waals surface area contributed by atoms with E-state index in [9.17, 15) is 13.2 Å². The molecule has 0 atom stereocenters. The SMILES string of the molecule is Cc1cccc(CNCC(C)C)c1OCCC(F)(F)F. The number of hydrogen-bond acceptors (Lipinski definition) is 2. The van der Waals surface area contributed by atoms with Gasteiger partial charge in [-0.2, -0.15) is 13.2 Å². The Kier molecular flexibility index (Phi) is 6.33. The van der Waals surface area contributed by atoms with E-state index in [0.717, 1.165) is 17.7 Å². The van der Waals surface area contributed by atoms with Crippen LogP contribution in [0.25, 0.3) is 0 Å². The second-order valence-corrected chi connectivity index (χ2v) is 5.30. The Hall–Kier alpha value is -1.23. The van der Waals surface area contributed by atoms with Crippen LogP contribution >= 0.6 is 0 Å². The number of alkyl halides is 3. The average Bonchev–Trinajstić information content (AvgIpc) is 2.30. The second kappa shape index (κ2) is 7.53. The molecular weight excluding hydrogens is 267 g/mol. The fourth-order valence-electron chi connectivity index (χ4n) is 1.82. The van der Waals surface area contributed by atoms with Gasteiger partial charge in [0.2, 0.25) is 0 Å². The van der Waals surface area contributed by atoms with E-state index in [1.165, 1.54) is 0 Å². The van der Waals surface area contributed by atoms with E-state index in [0.29, 0.717) is 18.2 Å². The number of hydrogen-bond donors (Lipinski definition) is 1. The quantitative estimate of drug-likeness (QED) is 0.817. The molecule has 2 nitrogen and oxygen atoms in total. The Morgan fingerprint density at radius 3 is 2.55 bits per heavy atom. The molecule has 20 heavy (non-hydrogen) atoms. The molecule has 0 spiro atoms. The van der Waals surface area contributed by atoms with Gasteiger partial charge >= 0.3 is 6.18 Å². The van der Waals surface area contributed by atoms with Gasteiger partial charge in [0.05, 0.1) is 13.0 Å². The molecule has 0 heterocycles. The summed E-state index contributed by atoms with van der Waals surface area (Å²) >= 11 is 0. The van der Waals surface area contributed by atoms with Gasteiger partial charge < -0.3 is 10.1 Å². The molecule has 1 aromatic carbocycles. The van der Waals surface area contributed by atoms with E-state index in [1.54, 1.807) is 0 Å². The molecule has 0 bridgehead atoms. The molecule has 0 aromatic heterocycles. The maximum Gasteiger partial charge on any atom is 0.392 e. The molecule has 5 heteroatoms. The summed E-state index contributed by atoms with van der Waals surface area (Å²) in [5, 5.41) is 3.27. The first-order chi connectivity index (χ1) is 9.29. The molecule has 0 fully saturated rings. The highest BCUT2D eigenvalue weighted by Crippen LogP contribution is 2.25. The minimum Gasteiger partial charge on any atom is -0.493 e. The van der Waals surface area contributed by atoms with Crippen LogP contribution in [-0.2, 0) is 6.54 Å². The highest BCUT2D eigenvalue weighted by atomic mass is 19.4. The predicted molar refractivity (Wildman–Crippen MR) is 73.9 cm³/mol. The molecule has 0 saturated heterocycles. The Balaban J connectivity index is 2.63. The lowest BCUT2D eigenvalue weighted by Crippen LogP contribution is -2.20. The van der Waals surface area contributed by atoms with Crippen molar-refractivity contribution in [2.75, 3.05) is 13.2 Å². The van der Waals surface area contributed by atoms with Crippen LogP contribution in [0, 0.1) is 12.8 Å². The van der Waals surface area contributed by atoms with Gasteiger partial charge in [0.15, 0.2) is 0 Å². The third-order valence-corrected chi connectivity index (χ3v) is 2.79. The maximum atomic E-state index is 12.2. The third-order valence-electron chi connectivity index (χ3n) is 2.79. The lowest BCUT2D eigenvalue weighted by Gasteiger charge is -2.16. The summed E-state index contributed by atoms with van der Waals surface area (Å²) in [5.41, 5.74) is 1.75. The number of para-hydroxylation sites is 1. The number of aryl methyl sites for hydroxylation is 1. The molecule has 0 radical (unpaired) electrons. The number of rotatable bonds is 7. The summed E-state index contributed by atoms with van der Waals surface area (Å²) in [5.74, 6) is 1.09. The smallest absolute Gasteiger partial charge is 0.392 e. The van der Waals surface area contributed by atoms with Gasteiger partial charge in [-0.05, 0) is 24.9 Å². The lowest BCUT2D eigenvalue weighted by molar-refractivity contribution is -0.139. The zero-order valence-electron chi connectivity index (χ0n) is 12.2. The molecule has 0 aliphatic carbocycles. The van der Waals surface area contributed by atoms with Crippen molar-refractivity contribution in [3.63, 3.8) is 0 Å². The fraction of sp³-hybridized carbons (Fsp3) is 0.600. The van der Waals surface area contributed by atoms with Crippen LogP contribution in [0.15, 0.2) is 18.2 Å². The summed E-state index contributed by atoms with van der Waals surface area (Å²) in [6.07, 6.45) is -5.11. The monoisotopic (exact) mass is 289 g/mol. The van der Waals surface area contributed by atoms with Crippen molar-refractivity contribution in [3.8, 4) is 5.75 Å². The van der Waals surface area contributed by atoms with E-state index in [1.807, 2.05) is 25.1 Å². The topological polar surface area (TPSA) is 21.3 Å². The van der Waals surface area contributed by atoms with Crippen molar-refractivity contribution in [1.29, 1.82) is 0 Å². The van der Waals surface area contributed by atoms with Crippen molar-refractivity contribution in [1.82, 2.24) is 5.32 Å². The number of halogens is 3. The van der Waals surface area contributed by atoms with Gasteiger partial charge in [0.25, 0.3) is 0 Å². The van der Waals surface area contributed by atoms with Crippen LogP contribution < -0.4 is 10.1 Å². The molecule has 0 saturated carbocycles. The number of nitrogens with one attached hydrogen (secondary N) is 1. The van der Waals surface area contributed by atoms with Crippen LogP contribution in [0.1, 0.15) is 31.4 Å². The Bertz CT molecular complexity index is 416. The molecule has 0 aliphatic rings. The molecule has 0 aliphatic heterocycles. The fourth-order valence-corrected chi connectivity index (χ4v) is 1.82. The van der Waals surface area contributed by atoms with E-state index in [-0.39, 0.29) is 6.61 Å². The van der Waals surface area contributed by atoms with Gasteiger partial charge in [0.1, 0.15) is 5.75 Å². The number of benzene rings is 1. The van der Waals surface area contributed by atoms with Gasteiger partial charge in [-0.3, -0.25) is 0 Å². The predicted octanol–water partition coefficient (Wildman–Crippen LogP) is 4.07. The Labute approximate surface area is 118 Å².